The number of benzene rings is 1. The van der Waals surface area contributed by atoms with Crippen LogP contribution < -0.4 is 4.90 Å². The van der Waals surface area contributed by atoms with Gasteiger partial charge in [0.15, 0.2) is 0 Å². The molecular formula is C13H18BrNO. The van der Waals surface area contributed by atoms with Gasteiger partial charge in [-0.1, -0.05) is 28.1 Å². The average Bonchev–Trinajstić information content (AvgIpc) is 2.25. The Morgan fingerprint density at radius 1 is 1.56 bits per heavy atom. The minimum atomic E-state index is -0.446. The third-order valence-corrected chi connectivity index (χ3v) is 3.22. The molecule has 0 saturated heterocycles. The Bertz CT molecular complexity index is 363. The zero-order chi connectivity index (χ0) is 12.1. The Labute approximate surface area is 106 Å². The van der Waals surface area contributed by atoms with Crippen LogP contribution in [0.2, 0.25) is 0 Å². The molecule has 1 atom stereocenters. The fourth-order valence-electron chi connectivity index (χ4n) is 1.62. The molecule has 1 rings (SSSR count). The highest BCUT2D eigenvalue weighted by molar-refractivity contribution is 9.10. The summed E-state index contributed by atoms with van der Waals surface area (Å²) < 4.78 is 0.947. The minimum absolute atomic E-state index is 0.446. The number of aliphatic hydroxyl groups excluding tert-OH is 1. The van der Waals surface area contributed by atoms with E-state index in [4.69, 9.17) is 0 Å². The molecule has 0 radical (unpaired) electrons. The van der Waals surface area contributed by atoms with Crippen LogP contribution in [-0.4, -0.2) is 18.2 Å². The highest BCUT2D eigenvalue weighted by Crippen LogP contribution is 2.28. The monoisotopic (exact) mass is 283 g/mol. The third-order valence-electron chi connectivity index (χ3n) is 2.53. The second kappa shape index (κ2) is 6.06. The van der Waals surface area contributed by atoms with Crippen LogP contribution in [0.1, 0.15) is 25.5 Å². The van der Waals surface area contributed by atoms with Crippen LogP contribution in [0.3, 0.4) is 0 Å². The molecule has 1 aromatic rings. The molecule has 0 spiro atoms. The molecule has 0 heterocycles. The first kappa shape index (κ1) is 13.3. The molecule has 1 aromatic carbocycles. The van der Waals surface area contributed by atoms with Crippen molar-refractivity contribution in [3.63, 3.8) is 0 Å². The Morgan fingerprint density at radius 2 is 2.25 bits per heavy atom. The Balaban J connectivity index is 2.99. The minimum Gasteiger partial charge on any atom is -0.389 e. The van der Waals surface area contributed by atoms with E-state index in [9.17, 15) is 5.11 Å². The van der Waals surface area contributed by atoms with E-state index in [1.165, 1.54) is 0 Å². The molecule has 1 unspecified atom stereocenters. The third kappa shape index (κ3) is 3.09. The van der Waals surface area contributed by atoms with Gasteiger partial charge in [-0.05, 0) is 31.5 Å². The molecule has 0 aliphatic rings. The van der Waals surface area contributed by atoms with Gasteiger partial charge < -0.3 is 10.0 Å². The molecule has 0 amide bonds. The molecule has 88 valence electrons. The lowest BCUT2D eigenvalue weighted by Crippen LogP contribution is -2.22. The van der Waals surface area contributed by atoms with Crippen LogP contribution >= 0.6 is 15.9 Å². The van der Waals surface area contributed by atoms with Crippen LogP contribution in [-0.2, 0) is 0 Å². The largest absolute Gasteiger partial charge is 0.389 e. The number of nitrogens with zero attached hydrogens (tertiary/aromatic N) is 1. The highest BCUT2D eigenvalue weighted by Gasteiger charge is 2.09. The maximum atomic E-state index is 9.53. The van der Waals surface area contributed by atoms with Crippen LogP contribution in [0.5, 0.6) is 0 Å². The van der Waals surface area contributed by atoms with Gasteiger partial charge in [0.2, 0.25) is 0 Å². The summed E-state index contributed by atoms with van der Waals surface area (Å²) in [6.45, 7) is 9.39. The molecule has 0 saturated carbocycles. The van der Waals surface area contributed by atoms with E-state index in [1.54, 1.807) is 6.92 Å². The number of aliphatic hydroxyl groups is 1. The lowest BCUT2D eigenvalue weighted by Gasteiger charge is -2.22. The number of rotatable bonds is 5. The van der Waals surface area contributed by atoms with Crippen molar-refractivity contribution in [1.29, 1.82) is 0 Å². The van der Waals surface area contributed by atoms with E-state index in [1.807, 2.05) is 24.3 Å². The van der Waals surface area contributed by atoms with E-state index in [2.05, 4.69) is 34.3 Å². The second-order valence-corrected chi connectivity index (χ2v) is 4.56. The first-order valence-electron chi connectivity index (χ1n) is 5.43. The van der Waals surface area contributed by atoms with Crippen LogP contribution in [0.15, 0.2) is 35.3 Å². The van der Waals surface area contributed by atoms with Gasteiger partial charge >= 0.3 is 0 Å². The standard InChI is InChI=1S/C13H18BrNO/c1-4-8-15(5-2)11-6-7-12(10(3)16)13(14)9-11/h4,6-7,9-10,16H,1,5,8H2,2-3H3. The average molecular weight is 284 g/mol. The first-order valence-corrected chi connectivity index (χ1v) is 6.22. The second-order valence-electron chi connectivity index (χ2n) is 3.71. The van der Waals surface area contributed by atoms with Gasteiger partial charge in [0.25, 0.3) is 0 Å². The van der Waals surface area contributed by atoms with Crippen molar-refractivity contribution in [3.05, 3.63) is 40.9 Å². The normalized spacial score (nSPS) is 12.2. The fourth-order valence-corrected chi connectivity index (χ4v) is 2.32. The Morgan fingerprint density at radius 3 is 2.69 bits per heavy atom. The van der Waals surface area contributed by atoms with Crippen molar-refractivity contribution in [2.45, 2.75) is 20.0 Å². The van der Waals surface area contributed by atoms with Crippen molar-refractivity contribution < 1.29 is 5.11 Å². The molecule has 0 fully saturated rings. The summed E-state index contributed by atoms with van der Waals surface area (Å²) in [7, 11) is 0. The predicted octanol–water partition coefficient (Wildman–Crippen LogP) is 3.51. The van der Waals surface area contributed by atoms with E-state index in [0.29, 0.717) is 0 Å². The lowest BCUT2D eigenvalue weighted by molar-refractivity contribution is 0.198. The van der Waals surface area contributed by atoms with Gasteiger partial charge in [0.1, 0.15) is 0 Å². The molecule has 1 N–H and O–H groups in total. The van der Waals surface area contributed by atoms with Gasteiger partial charge in [-0.3, -0.25) is 0 Å². The van der Waals surface area contributed by atoms with Gasteiger partial charge in [-0.15, -0.1) is 6.58 Å². The van der Waals surface area contributed by atoms with Crippen molar-refractivity contribution in [2.75, 3.05) is 18.0 Å². The molecular weight excluding hydrogens is 266 g/mol. The van der Waals surface area contributed by atoms with Gasteiger partial charge in [-0.25, -0.2) is 0 Å². The number of halogens is 1. The zero-order valence-corrected chi connectivity index (χ0v) is 11.4. The summed E-state index contributed by atoms with van der Waals surface area (Å²) in [4.78, 5) is 2.21. The van der Waals surface area contributed by atoms with E-state index < -0.39 is 6.10 Å². The van der Waals surface area contributed by atoms with Gasteiger partial charge in [-0.2, -0.15) is 0 Å². The summed E-state index contributed by atoms with van der Waals surface area (Å²) in [5.74, 6) is 0. The molecule has 0 bridgehead atoms. The summed E-state index contributed by atoms with van der Waals surface area (Å²) in [6.07, 6.45) is 1.44. The predicted molar refractivity (Wildman–Crippen MR) is 72.9 cm³/mol. The number of likely N-dealkylation sites (N-methyl/N-ethyl adjacent to an activating group) is 1. The smallest absolute Gasteiger partial charge is 0.0772 e. The van der Waals surface area contributed by atoms with E-state index in [0.717, 1.165) is 28.8 Å². The summed E-state index contributed by atoms with van der Waals surface area (Å²) >= 11 is 3.48. The number of hydrogen-bond acceptors (Lipinski definition) is 2. The quantitative estimate of drug-likeness (QED) is 0.836. The Kier molecular flexibility index (Phi) is 5.03. The maximum absolute atomic E-state index is 9.53. The lowest BCUT2D eigenvalue weighted by atomic mass is 10.1. The number of anilines is 1. The molecule has 3 heteroatoms. The van der Waals surface area contributed by atoms with Crippen molar-refractivity contribution in [3.8, 4) is 0 Å². The van der Waals surface area contributed by atoms with Crippen LogP contribution in [0.4, 0.5) is 5.69 Å². The van der Waals surface area contributed by atoms with Gasteiger partial charge in [0, 0.05) is 23.2 Å². The molecule has 0 aromatic heterocycles. The molecule has 0 aliphatic heterocycles. The van der Waals surface area contributed by atoms with Crippen molar-refractivity contribution >= 4 is 21.6 Å². The summed E-state index contributed by atoms with van der Waals surface area (Å²) in [5, 5.41) is 9.53. The zero-order valence-electron chi connectivity index (χ0n) is 9.78. The SMILES string of the molecule is C=CCN(CC)c1ccc(C(C)O)c(Br)c1. The fraction of sp³-hybridized carbons (Fsp3) is 0.385. The van der Waals surface area contributed by atoms with Crippen molar-refractivity contribution in [2.24, 2.45) is 0 Å². The number of hydrogen-bond donors (Lipinski definition) is 1. The van der Waals surface area contributed by atoms with Crippen LogP contribution in [0, 0.1) is 0 Å². The van der Waals surface area contributed by atoms with Gasteiger partial charge in [0.05, 0.1) is 6.10 Å². The van der Waals surface area contributed by atoms with E-state index in [-0.39, 0.29) is 0 Å². The highest BCUT2D eigenvalue weighted by atomic mass is 79.9. The summed E-state index contributed by atoms with van der Waals surface area (Å²) in [5.41, 5.74) is 2.05. The van der Waals surface area contributed by atoms with Crippen LogP contribution in [0.25, 0.3) is 0 Å². The Hall–Kier alpha value is -0.800. The maximum Gasteiger partial charge on any atom is 0.0772 e. The molecule has 0 aliphatic carbocycles. The molecule has 2 nitrogen and oxygen atoms in total. The first-order chi connectivity index (χ1) is 7.60. The van der Waals surface area contributed by atoms with Crippen molar-refractivity contribution in [1.82, 2.24) is 0 Å². The molecule has 16 heavy (non-hydrogen) atoms. The van der Waals surface area contributed by atoms with E-state index >= 15 is 0 Å². The topological polar surface area (TPSA) is 23.5 Å². The summed E-state index contributed by atoms with van der Waals surface area (Å²) in [6, 6.07) is 6.02.